The van der Waals surface area contributed by atoms with E-state index in [0.717, 1.165) is 46.1 Å². The Morgan fingerprint density at radius 1 is 1.03 bits per heavy atom. The lowest BCUT2D eigenvalue weighted by molar-refractivity contribution is -0.116. The van der Waals surface area contributed by atoms with Crippen molar-refractivity contribution in [3.8, 4) is 0 Å². The number of nitrogens with one attached hydrogen (secondary N) is 1. The molecule has 2 heterocycles. The van der Waals surface area contributed by atoms with Crippen LogP contribution in [0.1, 0.15) is 35.7 Å². The van der Waals surface area contributed by atoms with E-state index in [2.05, 4.69) is 52.0 Å². The van der Waals surface area contributed by atoms with E-state index in [1.165, 1.54) is 4.88 Å². The van der Waals surface area contributed by atoms with E-state index < -0.39 is 0 Å². The minimum atomic E-state index is -0.120. The topological polar surface area (TPSA) is 32.3 Å². The first kappa shape index (κ1) is 18.5. The smallest absolute Gasteiger partial charge is 0.163 e. The minimum Gasteiger partial charge on any atom is -0.357 e. The first-order valence-corrected chi connectivity index (χ1v) is 11.1. The Morgan fingerprint density at radius 2 is 1.86 bits per heavy atom. The zero-order valence-electron chi connectivity index (χ0n) is 15.9. The van der Waals surface area contributed by atoms with Gasteiger partial charge in [0.2, 0.25) is 0 Å². The fourth-order valence-electron chi connectivity index (χ4n) is 4.33. The summed E-state index contributed by atoms with van der Waals surface area (Å²) < 4.78 is 0. The SMILES string of the molecule is O=C1CCCC2=C1C(c1cccs1)N(Cc1ccccc1Cl)c1ccccc1N2. The van der Waals surface area contributed by atoms with E-state index in [1.54, 1.807) is 11.3 Å². The van der Waals surface area contributed by atoms with Gasteiger partial charge in [-0.15, -0.1) is 11.3 Å². The normalized spacial score (nSPS) is 18.7. The maximum Gasteiger partial charge on any atom is 0.163 e. The van der Waals surface area contributed by atoms with E-state index in [9.17, 15) is 4.79 Å². The number of hydrogen-bond acceptors (Lipinski definition) is 4. The van der Waals surface area contributed by atoms with Crippen LogP contribution in [0.2, 0.25) is 5.02 Å². The highest BCUT2D eigenvalue weighted by Crippen LogP contribution is 2.46. The van der Waals surface area contributed by atoms with Crippen LogP contribution in [0.15, 0.2) is 77.3 Å². The van der Waals surface area contributed by atoms with Crippen molar-refractivity contribution in [2.75, 3.05) is 10.2 Å². The summed E-state index contributed by atoms with van der Waals surface area (Å²) in [5, 5.41) is 6.43. The Kier molecular flexibility index (Phi) is 4.90. The van der Waals surface area contributed by atoms with Crippen molar-refractivity contribution in [1.82, 2.24) is 0 Å². The van der Waals surface area contributed by atoms with Crippen molar-refractivity contribution in [2.24, 2.45) is 0 Å². The molecular formula is C24H21ClN2OS. The number of carbonyl (C=O) groups excluding carboxylic acids is 1. The van der Waals surface area contributed by atoms with Crippen LogP contribution in [0, 0.1) is 0 Å². The Labute approximate surface area is 179 Å². The highest BCUT2D eigenvalue weighted by Gasteiger charge is 2.37. The number of Topliss-reactive ketones (excluding diaryl/α,β-unsaturated/α-hetero) is 1. The number of hydrogen-bond donors (Lipinski definition) is 1. The van der Waals surface area contributed by atoms with Gasteiger partial charge in [0, 0.05) is 34.1 Å². The summed E-state index contributed by atoms with van der Waals surface area (Å²) in [7, 11) is 0. The summed E-state index contributed by atoms with van der Waals surface area (Å²) in [5.74, 6) is 0.245. The second kappa shape index (κ2) is 7.69. The molecular weight excluding hydrogens is 400 g/mol. The van der Waals surface area contributed by atoms with Crippen LogP contribution in [0.4, 0.5) is 11.4 Å². The van der Waals surface area contributed by atoms with Gasteiger partial charge >= 0.3 is 0 Å². The van der Waals surface area contributed by atoms with E-state index in [4.69, 9.17) is 11.6 Å². The molecule has 1 aliphatic heterocycles. The van der Waals surface area contributed by atoms with Crippen molar-refractivity contribution in [1.29, 1.82) is 0 Å². The van der Waals surface area contributed by atoms with Crippen LogP contribution in [0.3, 0.4) is 0 Å². The maximum absolute atomic E-state index is 13.2. The molecule has 0 bridgehead atoms. The lowest BCUT2D eigenvalue weighted by Gasteiger charge is -2.35. The molecule has 0 amide bonds. The quantitative estimate of drug-likeness (QED) is 0.519. The van der Waals surface area contributed by atoms with Gasteiger partial charge in [0.25, 0.3) is 0 Å². The van der Waals surface area contributed by atoms with Crippen LogP contribution in [-0.4, -0.2) is 5.78 Å². The van der Waals surface area contributed by atoms with E-state index in [-0.39, 0.29) is 11.8 Å². The number of carbonyl (C=O) groups is 1. The molecule has 29 heavy (non-hydrogen) atoms. The molecule has 0 spiro atoms. The molecule has 3 nitrogen and oxygen atoms in total. The Morgan fingerprint density at radius 3 is 2.69 bits per heavy atom. The lowest BCUT2D eigenvalue weighted by atomic mass is 9.88. The fourth-order valence-corrected chi connectivity index (χ4v) is 5.37. The number of ketones is 1. The highest BCUT2D eigenvalue weighted by molar-refractivity contribution is 7.10. The second-order valence-corrected chi connectivity index (χ2v) is 8.83. The Bertz CT molecular complexity index is 1090. The fraction of sp³-hybridized carbons (Fsp3) is 0.208. The zero-order chi connectivity index (χ0) is 19.8. The number of anilines is 2. The highest BCUT2D eigenvalue weighted by atomic mass is 35.5. The van der Waals surface area contributed by atoms with Crippen LogP contribution in [0.25, 0.3) is 0 Å². The van der Waals surface area contributed by atoms with Crippen molar-refractivity contribution in [3.05, 3.63) is 92.8 Å². The van der Waals surface area contributed by atoms with Gasteiger partial charge in [-0.1, -0.05) is 48.0 Å². The Hall–Kier alpha value is -2.56. The van der Waals surface area contributed by atoms with Gasteiger partial charge in [0.15, 0.2) is 5.78 Å². The summed E-state index contributed by atoms with van der Waals surface area (Å²) in [4.78, 5) is 16.7. The third-order valence-corrected chi connectivity index (χ3v) is 6.94. The molecule has 2 aromatic carbocycles. The van der Waals surface area contributed by atoms with E-state index in [1.807, 2.05) is 24.3 Å². The average Bonchev–Trinajstić information content (AvgIpc) is 3.21. The molecule has 1 unspecified atom stereocenters. The van der Waals surface area contributed by atoms with E-state index in [0.29, 0.717) is 13.0 Å². The van der Waals surface area contributed by atoms with Gasteiger partial charge in [-0.2, -0.15) is 0 Å². The van der Waals surface area contributed by atoms with Gasteiger partial charge in [0.1, 0.15) is 0 Å². The number of nitrogens with zero attached hydrogens (tertiary/aromatic N) is 1. The maximum atomic E-state index is 13.2. The zero-order valence-corrected chi connectivity index (χ0v) is 17.5. The van der Waals surface area contributed by atoms with Crippen LogP contribution >= 0.6 is 22.9 Å². The molecule has 0 saturated heterocycles. The third kappa shape index (κ3) is 3.37. The number of fused-ring (bicyclic) bond motifs is 1. The molecule has 1 atom stereocenters. The molecule has 0 radical (unpaired) electrons. The van der Waals surface area contributed by atoms with Crippen molar-refractivity contribution < 1.29 is 4.79 Å². The van der Waals surface area contributed by atoms with Crippen molar-refractivity contribution in [2.45, 2.75) is 31.8 Å². The predicted molar refractivity (Wildman–Crippen MR) is 121 cm³/mol. The number of thiophene rings is 1. The lowest BCUT2D eigenvalue weighted by Crippen LogP contribution is -2.32. The summed E-state index contributed by atoms with van der Waals surface area (Å²) in [5.41, 5.74) is 5.15. The number of allylic oxidation sites excluding steroid dienone is 1. The van der Waals surface area contributed by atoms with Crippen molar-refractivity contribution in [3.63, 3.8) is 0 Å². The molecule has 3 aromatic rings. The summed E-state index contributed by atoms with van der Waals surface area (Å²) in [6, 6.07) is 20.3. The third-order valence-electron chi connectivity index (χ3n) is 5.65. The summed E-state index contributed by atoms with van der Waals surface area (Å²) in [6.07, 6.45) is 2.41. The molecule has 146 valence electrons. The standard InChI is InChI=1S/C24H21ClN2OS/c25-17-8-2-1-7-16(17)15-27-20-11-4-3-9-18(20)26-19-10-5-12-21(28)23(19)24(27)22-13-6-14-29-22/h1-4,6-9,11,13-14,24,26H,5,10,12,15H2. The number of rotatable bonds is 3. The first-order valence-electron chi connectivity index (χ1n) is 9.88. The molecule has 0 saturated carbocycles. The number of halogens is 1. The largest absolute Gasteiger partial charge is 0.357 e. The first-order chi connectivity index (χ1) is 14.2. The molecule has 1 aromatic heterocycles. The van der Waals surface area contributed by atoms with Gasteiger partial charge in [0.05, 0.1) is 17.4 Å². The number of para-hydroxylation sites is 2. The number of benzene rings is 2. The van der Waals surface area contributed by atoms with Crippen molar-refractivity contribution >= 4 is 40.1 Å². The minimum absolute atomic E-state index is 0.120. The molecule has 1 N–H and O–H groups in total. The second-order valence-electron chi connectivity index (χ2n) is 7.45. The summed E-state index contributed by atoms with van der Waals surface area (Å²) in [6.45, 7) is 0.630. The molecule has 5 heteroatoms. The molecule has 2 aliphatic rings. The molecule has 5 rings (SSSR count). The predicted octanol–water partition coefficient (Wildman–Crippen LogP) is 6.58. The van der Waals surface area contributed by atoms with Gasteiger partial charge < -0.3 is 10.2 Å². The summed E-state index contributed by atoms with van der Waals surface area (Å²) >= 11 is 8.23. The van der Waals surface area contributed by atoms with Crippen LogP contribution in [0.5, 0.6) is 0 Å². The van der Waals surface area contributed by atoms with E-state index >= 15 is 0 Å². The van der Waals surface area contributed by atoms with Crippen LogP contribution < -0.4 is 10.2 Å². The van der Waals surface area contributed by atoms with Gasteiger partial charge in [-0.3, -0.25) is 4.79 Å². The van der Waals surface area contributed by atoms with Crippen LogP contribution in [-0.2, 0) is 11.3 Å². The van der Waals surface area contributed by atoms with Gasteiger partial charge in [-0.05, 0) is 48.1 Å². The van der Waals surface area contributed by atoms with Gasteiger partial charge in [-0.25, -0.2) is 0 Å². The molecule has 0 fully saturated rings. The Balaban J connectivity index is 1.73. The monoisotopic (exact) mass is 420 g/mol. The average molecular weight is 421 g/mol. The molecule has 1 aliphatic carbocycles.